The summed E-state index contributed by atoms with van der Waals surface area (Å²) in [5, 5.41) is 2.41. The molecule has 0 atom stereocenters. The number of benzene rings is 7. The molecule has 0 spiro atoms. The Kier molecular flexibility index (Phi) is 9.03. The molecule has 0 amide bonds. The number of hydrogen-bond donors (Lipinski definition) is 0. The molecule has 59 heavy (non-hydrogen) atoms. The molecule has 4 nitrogen and oxygen atoms in total. The molecule has 0 aliphatic heterocycles. The molecule has 0 bridgehead atoms. The van der Waals surface area contributed by atoms with Gasteiger partial charge in [0.2, 0.25) is 0 Å². The highest BCUT2D eigenvalue weighted by molar-refractivity contribution is 5.92. The van der Waals surface area contributed by atoms with Crippen LogP contribution >= 0.6 is 0 Å². The minimum absolute atomic E-state index is 0.0708. The van der Waals surface area contributed by atoms with Crippen molar-refractivity contribution >= 4 is 39.0 Å². The summed E-state index contributed by atoms with van der Waals surface area (Å²) in [6, 6.07) is 70.0. The maximum atomic E-state index is 4.78. The fraction of sp³-hybridized carbons (Fsp3) is 0.0727. The summed E-state index contributed by atoms with van der Waals surface area (Å²) in [6.07, 6.45) is 6.18. The number of nitrogens with zero attached hydrogens (tertiary/aromatic N) is 4. The molecule has 0 radical (unpaired) electrons. The summed E-state index contributed by atoms with van der Waals surface area (Å²) in [5.41, 5.74) is 15.2. The fourth-order valence-electron chi connectivity index (χ4n) is 8.21. The summed E-state index contributed by atoms with van der Waals surface area (Å²) in [5.74, 6) is 0.876. The van der Waals surface area contributed by atoms with Crippen molar-refractivity contribution in [2.45, 2.75) is 26.2 Å². The molecule has 4 heteroatoms. The Morgan fingerprint density at radius 1 is 0.407 bits per heavy atom. The van der Waals surface area contributed by atoms with Gasteiger partial charge in [-0.1, -0.05) is 99.6 Å². The third kappa shape index (κ3) is 7.00. The molecule has 0 aliphatic rings. The Bertz CT molecular complexity index is 2910. The van der Waals surface area contributed by atoms with Crippen LogP contribution < -0.4 is 4.90 Å². The van der Waals surface area contributed by atoms with E-state index in [1.807, 2.05) is 18.3 Å². The molecule has 3 heterocycles. The minimum atomic E-state index is 0.0708. The molecule has 0 unspecified atom stereocenters. The molecule has 0 saturated heterocycles. The minimum Gasteiger partial charge on any atom is -0.317 e. The van der Waals surface area contributed by atoms with Gasteiger partial charge in [0.25, 0.3) is 0 Å². The summed E-state index contributed by atoms with van der Waals surface area (Å²) in [4.78, 5) is 7.01. The van der Waals surface area contributed by atoms with E-state index >= 15 is 0 Å². The first-order chi connectivity index (χ1) is 28.9. The third-order valence-electron chi connectivity index (χ3n) is 11.4. The predicted octanol–water partition coefficient (Wildman–Crippen LogP) is 14.7. The first-order valence-corrected chi connectivity index (χ1v) is 20.3. The van der Waals surface area contributed by atoms with Crippen LogP contribution in [0.2, 0.25) is 0 Å². The highest BCUT2D eigenvalue weighted by Gasteiger charge is 2.18. The number of aromatic nitrogens is 3. The van der Waals surface area contributed by atoms with Crippen molar-refractivity contribution in [3.63, 3.8) is 0 Å². The molecule has 0 fully saturated rings. The van der Waals surface area contributed by atoms with Gasteiger partial charge < -0.3 is 9.13 Å². The lowest BCUT2D eigenvalue weighted by Gasteiger charge is -2.26. The maximum Gasteiger partial charge on any atom is 0.137 e. The van der Waals surface area contributed by atoms with E-state index in [-0.39, 0.29) is 5.41 Å². The van der Waals surface area contributed by atoms with Crippen LogP contribution in [0.4, 0.5) is 17.2 Å². The molecular formula is C55H44N4. The Morgan fingerprint density at radius 3 is 1.34 bits per heavy atom. The lowest BCUT2D eigenvalue weighted by atomic mass is 9.87. The van der Waals surface area contributed by atoms with Crippen molar-refractivity contribution in [1.82, 2.24) is 14.1 Å². The van der Waals surface area contributed by atoms with Crippen LogP contribution in [0.1, 0.15) is 26.3 Å². The van der Waals surface area contributed by atoms with E-state index in [9.17, 15) is 0 Å². The molecule has 10 aromatic rings. The van der Waals surface area contributed by atoms with E-state index < -0.39 is 0 Å². The topological polar surface area (TPSA) is 26.0 Å². The van der Waals surface area contributed by atoms with Crippen molar-refractivity contribution in [3.8, 4) is 44.8 Å². The van der Waals surface area contributed by atoms with Crippen LogP contribution in [0.3, 0.4) is 0 Å². The normalized spacial score (nSPS) is 11.6. The van der Waals surface area contributed by atoms with Gasteiger partial charge in [0.15, 0.2) is 0 Å². The van der Waals surface area contributed by atoms with Gasteiger partial charge in [-0.05, 0) is 160 Å². The number of pyridine rings is 1. The van der Waals surface area contributed by atoms with Crippen LogP contribution in [-0.4, -0.2) is 14.1 Å². The first-order valence-electron chi connectivity index (χ1n) is 20.3. The molecule has 7 aromatic carbocycles. The molecular weight excluding hydrogens is 717 g/mol. The van der Waals surface area contributed by atoms with E-state index in [2.05, 4.69) is 229 Å². The van der Waals surface area contributed by atoms with Crippen molar-refractivity contribution in [2.75, 3.05) is 4.90 Å². The number of rotatable bonds is 8. The summed E-state index contributed by atoms with van der Waals surface area (Å²) < 4.78 is 4.51. The fourth-order valence-corrected chi connectivity index (χ4v) is 8.21. The second-order valence-electron chi connectivity index (χ2n) is 16.3. The first kappa shape index (κ1) is 35.9. The van der Waals surface area contributed by atoms with Crippen molar-refractivity contribution < 1.29 is 0 Å². The van der Waals surface area contributed by atoms with Crippen LogP contribution in [0.15, 0.2) is 213 Å². The summed E-state index contributed by atoms with van der Waals surface area (Å²) in [7, 11) is 0. The van der Waals surface area contributed by atoms with Gasteiger partial charge >= 0.3 is 0 Å². The van der Waals surface area contributed by atoms with Gasteiger partial charge in [-0.25, -0.2) is 4.98 Å². The highest BCUT2D eigenvalue weighted by Crippen LogP contribution is 2.39. The van der Waals surface area contributed by atoms with Gasteiger partial charge in [-0.15, -0.1) is 0 Å². The van der Waals surface area contributed by atoms with E-state index in [0.717, 1.165) is 39.7 Å². The average Bonchev–Trinajstić information content (AvgIpc) is 3.92. The largest absolute Gasteiger partial charge is 0.317 e. The molecule has 0 saturated carbocycles. The van der Waals surface area contributed by atoms with E-state index in [4.69, 9.17) is 4.98 Å². The van der Waals surface area contributed by atoms with Gasteiger partial charge in [-0.2, -0.15) is 0 Å². The standard InChI is InChI=1S/C55H44N4/c1-55(2,3)47-21-25-51(26-22-47)59(54-16-10-11-31-56-54)50-23-17-39(18-24-50)44-36-45(40-19-27-52-42(34-40)29-32-57(52)48-12-6-4-7-13-48)38-46(37-44)41-20-28-53-43(35-41)30-33-58(53)49-14-8-5-9-15-49/h4-38H,1-3H3. The third-order valence-corrected chi connectivity index (χ3v) is 11.4. The zero-order valence-electron chi connectivity index (χ0n) is 33.5. The van der Waals surface area contributed by atoms with Crippen molar-refractivity contribution in [1.29, 1.82) is 0 Å². The van der Waals surface area contributed by atoms with Crippen molar-refractivity contribution in [2.24, 2.45) is 0 Å². The maximum absolute atomic E-state index is 4.78. The Balaban J connectivity index is 1.07. The second kappa shape index (κ2) is 14.8. The highest BCUT2D eigenvalue weighted by atomic mass is 15.2. The molecule has 0 aliphatic carbocycles. The Hall–Kier alpha value is -7.43. The van der Waals surface area contributed by atoms with Gasteiger partial charge in [0.05, 0.1) is 11.0 Å². The van der Waals surface area contributed by atoms with Crippen LogP contribution in [-0.2, 0) is 5.41 Å². The average molecular weight is 761 g/mol. The number of para-hydroxylation sites is 2. The van der Waals surface area contributed by atoms with E-state index in [1.165, 1.54) is 49.6 Å². The smallest absolute Gasteiger partial charge is 0.137 e. The number of hydrogen-bond acceptors (Lipinski definition) is 2. The van der Waals surface area contributed by atoms with Gasteiger partial charge in [0.1, 0.15) is 5.82 Å². The lowest BCUT2D eigenvalue weighted by molar-refractivity contribution is 0.590. The van der Waals surface area contributed by atoms with Gasteiger partial charge in [-0.3, -0.25) is 4.90 Å². The van der Waals surface area contributed by atoms with Gasteiger partial charge in [0, 0.05) is 52.1 Å². The SMILES string of the molecule is CC(C)(C)c1ccc(N(c2ccc(-c3cc(-c4ccc5c(ccn5-c5ccccc5)c4)cc(-c4ccc5c(ccn5-c5ccccc5)c4)c3)cc2)c2ccccn2)cc1. The van der Waals surface area contributed by atoms with Crippen LogP contribution in [0.25, 0.3) is 66.6 Å². The van der Waals surface area contributed by atoms with E-state index in [1.54, 1.807) is 0 Å². The van der Waals surface area contributed by atoms with E-state index in [0.29, 0.717) is 0 Å². The Labute approximate surface area is 345 Å². The second-order valence-corrected chi connectivity index (χ2v) is 16.3. The molecule has 3 aromatic heterocycles. The molecule has 284 valence electrons. The van der Waals surface area contributed by atoms with Crippen LogP contribution in [0.5, 0.6) is 0 Å². The molecule has 10 rings (SSSR count). The lowest BCUT2D eigenvalue weighted by Crippen LogP contribution is -2.13. The Morgan fingerprint density at radius 2 is 0.864 bits per heavy atom. The van der Waals surface area contributed by atoms with Crippen LogP contribution in [0, 0.1) is 0 Å². The zero-order chi connectivity index (χ0) is 39.9. The zero-order valence-corrected chi connectivity index (χ0v) is 33.5. The quantitative estimate of drug-likeness (QED) is 0.154. The monoisotopic (exact) mass is 760 g/mol. The summed E-state index contributed by atoms with van der Waals surface area (Å²) >= 11 is 0. The molecule has 0 N–H and O–H groups in total. The predicted molar refractivity (Wildman–Crippen MR) is 248 cm³/mol. The number of fused-ring (bicyclic) bond motifs is 2. The summed E-state index contributed by atoms with van der Waals surface area (Å²) in [6.45, 7) is 6.75. The number of anilines is 3. The van der Waals surface area contributed by atoms with Crippen molar-refractivity contribution in [3.05, 3.63) is 218 Å².